The molecule has 4 nitrogen and oxygen atoms in total. The first-order valence-electron chi connectivity index (χ1n) is 8.19. The summed E-state index contributed by atoms with van der Waals surface area (Å²) in [4.78, 5) is 19.4. The molecule has 0 spiro atoms. The molecule has 4 heteroatoms. The van der Waals surface area contributed by atoms with Crippen LogP contribution in [-0.4, -0.2) is 34.9 Å². The molecule has 1 aliphatic rings. The summed E-state index contributed by atoms with van der Waals surface area (Å²) in [6.45, 7) is 7.85. The van der Waals surface area contributed by atoms with Crippen LogP contribution in [0, 0.1) is 6.92 Å². The van der Waals surface area contributed by atoms with Crippen LogP contribution in [0.3, 0.4) is 0 Å². The van der Waals surface area contributed by atoms with Crippen molar-refractivity contribution in [1.29, 1.82) is 0 Å². The van der Waals surface area contributed by atoms with Gasteiger partial charge >= 0.3 is 0 Å². The fraction of sp³-hybridized carbons (Fsp3) is 0.647. The van der Waals surface area contributed by atoms with Crippen molar-refractivity contribution in [3.63, 3.8) is 0 Å². The third-order valence-electron chi connectivity index (χ3n) is 4.17. The molecule has 2 heterocycles. The Hall–Kier alpha value is -1.58. The van der Waals surface area contributed by atoms with Crippen molar-refractivity contribution in [2.45, 2.75) is 58.9 Å². The van der Waals surface area contributed by atoms with E-state index < -0.39 is 0 Å². The zero-order valence-corrected chi connectivity index (χ0v) is 13.5. The summed E-state index contributed by atoms with van der Waals surface area (Å²) >= 11 is 0. The van der Waals surface area contributed by atoms with Crippen LogP contribution in [0.25, 0.3) is 0 Å². The summed E-state index contributed by atoms with van der Waals surface area (Å²) in [5, 5.41) is 3.20. The minimum atomic E-state index is 0.161. The van der Waals surface area contributed by atoms with E-state index in [1.807, 2.05) is 26.0 Å². The molecule has 1 amide bonds. The maximum atomic E-state index is 12.9. The molecule has 1 fully saturated rings. The van der Waals surface area contributed by atoms with Crippen LogP contribution in [0.15, 0.2) is 12.1 Å². The monoisotopic (exact) mass is 289 g/mol. The van der Waals surface area contributed by atoms with E-state index >= 15 is 0 Å². The lowest BCUT2D eigenvalue weighted by Crippen LogP contribution is -2.39. The predicted octanol–water partition coefficient (Wildman–Crippen LogP) is 3.62. The molecule has 0 aliphatic carbocycles. The van der Waals surface area contributed by atoms with E-state index in [4.69, 9.17) is 0 Å². The number of aryl methyl sites for hydroxylation is 1. The minimum Gasteiger partial charge on any atom is -0.370 e. The molecular weight excluding hydrogens is 262 g/mol. The van der Waals surface area contributed by atoms with Gasteiger partial charge in [0.2, 0.25) is 0 Å². The third kappa shape index (κ3) is 3.96. The van der Waals surface area contributed by atoms with Gasteiger partial charge in [-0.25, -0.2) is 4.98 Å². The van der Waals surface area contributed by atoms with Crippen molar-refractivity contribution in [2.75, 3.05) is 18.4 Å². The van der Waals surface area contributed by atoms with Crippen LogP contribution in [-0.2, 0) is 0 Å². The van der Waals surface area contributed by atoms with Gasteiger partial charge in [0, 0.05) is 30.4 Å². The number of rotatable bonds is 4. The second kappa shape index (κ2) is 7.43. The molecule has 0 radical (unpaired) electrons. The molecule has 1 saturated heterocycles. The lowest BCUT2D eigenvalue weighted by Gasteiger charge is -2.29. The van der Waals surface area contributed by atoms with E-state index in [0.29, 0.717) is 6.04 Å². The molecule has 0 bridgehead atoms. The van der Waals surface area contributed by atoms with Crippen LogP contribution < -0.4 is 5.32 Å². The number of hydrogen-bond donors (Lipinski definition) is 1. The van der Waals surface area contributed by atoms with Crippen molar-refractivity contribution in [1.82, 2.24) is 9.88 Å². The Balaban J connectivity index is 2.24. The number of carbonyl (C=O) groups excluding carboxylic acids is 1. The number of likely N-dealkylation sites (tertiary alicyclic amines) is 1. The van der Waals surface area contributed by atoms with Gasteiger partial charge in [-0.05, 0) is 45.2 Å². The first kappa shape index (κ1) is 15.8. The van der Waals surface area contributed by atoms with E-state index in [1.54, 1.807) is 0 Å². The lowest BCUT2D eigenvalue weighted by atomic mass is 10.1. The number of aromatic nitrogens is 1. The van der Waals surface area contributed by atoms with E-state index in [0.717, 1.165) is 49.4 Å². The number of amides is 1. The average Bonchev–Trinajstić information content (AvgIpc) is 2.71. The average molecular weight is 289 g/mol. The van der Waals surface area contributed by atoms with Crippen molar-refractivity contribution < 1.29 is 4.79 Å². The van der Waals surface area contributed by atoms with Gasteiger partial charge in [0.1, 0.15) is 5.82 Å². The maximum Gasteiger partial charge on any atom is 0.254 e. The summed E-state index contributed by atoms with van der Waals surface area (Å²) in [6.07, 6.45) is 5.76. The Labute approximate surface area is 127 Å². The van der Waals surface area contributed by atoms with Crippen molar-refractivity contribution >= 4 is 11.7 Å². The molecule has 2 rings (SSSR count). The molecule has 116 valence electrons. The lowest BCUT2D eigenvalue weighted by molar-refractivity contribution is 0.0678. The van der Waals surface area contributed by atoms with Crippen LogP contribution in [0.1, 0.15) is 62.0 Å². The van der Waals surface area contributed by atoms with E-state index in [-0.39, 0.29) is 5.91 Å². The molecule has 1 atom stereocenters. The zero-order chi connectivity index (χ0) is 15.2. The predicted molar refractivity (Wildman–Crippen MR) is 86.7 cm³/mol. The van der Waals surface area contributed by atoms with Crippen LogP contribution in [0.4, 0.5) is 5.82 Å². The van der Waals surface area contributed by atoms with Crippen molar-refractivity contribution in [3.8, 4) is 0 Å². The molecule has 1 aliphatic heterocycles. The summed E-state index contributed by atoms with van der Waals surface area (Å²) in [5.74, 6) is 0.956. The second-order valence-corrected chi connectivity index (χ2v) is 5.82. The number of anilines is 1. The first-order chi connectivity index (χ1) is 10.2. The topological polar surface area (TPSA) is 45.2 Å². The number of pyridine rings is 1. The summed E-state index contributed by atoms with van der Waals surface area (Å²) < 4.78 is 0. The normalized spacial score (nSPS) is 19.2. The summed E-state index contributed by atoms with van der Waals surface area (Å²) in [7, 11) is 0. The highest BCUT2D eigenvalue weighted by atomic mass is 16.2. The van der Waals surface area contributed by atoms with Gasteiger partial charge in [-0.3, -0.25) is 4.79 Å². The molecule has 1 unspecified atom stereocenters. The fourth-order valence-corrected chi connectivity index (χ4v) is 3.10. The molecule has 21 heavy (non-hydrogen) atoms. The third-order valence-corrected chi connectivity index (χ3v) is 4.17. The van der Waals surface area contributed by atoms with Crippen molar-refractivity contribution in [3.05, 3.63) is 23.4 Å². The molecule has 0 saturated carbocycles. The van der Waals surface area contributed by atoms with Crippen molar-refractivity contribution in [2.24, 2.45) is 0 Å². The second-order valence-electron chi connectivity index (χ2n) is 5.82. The largest absolute Gasteiger partial charge is 0.370 e. The van der Waals surface area contributed by atoms with Crippen LogP contribution in [0.2, 0.25) is 0 Å². The van der Waals surface area contributed by atoms with Gasteiger partial charge < -0.3 is 10.2 Å². The molecule has 0 aromatic carbocycles. The Morgan fingerprint density at radius 1 is 1.33 bits per heavy atom. The van der Waals surface area contributed by atoms with Gasteiger partial charge in [0.15, 0.2) is 0 Å². The zero-order valence-electron chi connectivity index (χ0n) is 13.5. The maximum absolute atomic E-state index is 12.9. The highest BCUT2D eigenvalue weighted by Gasteiger charge is 2.25. The van der Waals surface area contributed by atoms with Gasteiger partial charge in [-0.1, -0.05) is 19.8 Å². The van der Waals surface area contributed by atoms with Gasteiger partial charge in [0.05, 0.1) is 0 Å². The summed E-state index contributed by atoms with van der Waals surface area (Å²) in [5.41, 5.74) is 1.65. The Bertz CT molecular complexity index is 487. The smallest absolute Gasteiger partial charge is 0.254 e. The van der Waals surface area contributed by atoms with E-state index in [1.165, 1.54) is 12.8 Å². The quantitative estimate of drug-likeness (QED) is 0.921. The molecule has 1 N–H and O–H groups in total. The van der Waals surface area contributed by atoms with Gasteiger partial charge in [-0.2, -0.15) is 0 Å². The van der Waals surface area contributed by atoms with E-state index in [9.17, 15) is 4.79 Å². The summed E-state index contributed by atoms with van der Waals surface area (Å²) in [6, 6.07) is 4.17. The number of nitrogens with one attached hydrogen (secondary N) is 1. The molecule has 1 aromatic rings. The standard InChI is InChI=1S/C17H27N3O/c1-4-15-9-7-6-8-10-20(15)17(21)14-11-13(3)19-16(12-14)18-5-2/h11-12,15H,4-10H2,1-3H3,(H,18,19). The van der Waals surface area contributed by atoms with Crippen LogP contribution >= 0.6 is 0 Å². The highest BCUT2D eigenvalue weighted by molar-refractivity contribution is 5.95. The minimum absolute atomic E-state index is 0.161. The van der Waals surface area contributed by atoms with Gasteiger partial charge in [-0.15, -0.1) is 0 Å². The molecule has 1 aromatic heterocycles. The van der Waals surface area contributed by atoms with E-state index in [2.05, 4.69) is 22.1 Å². The highest BCUT2D eigenvalue weighted by Crippen LogP contribution is 2.22. The number of hydrogen-bond acceptors (Lipinski definition) is 3. The Kier molecular flexibility index (Phi) is 5.59. The van der Waals surface area contributed by atoms with Crippen LogP contribution in [0.5, 0.6) is 0 Å². The number of nitrogens with zero attached hydrogens (tertiary/aromatic N) is 2. The first-order valence-corrected chi connectivity index (χ1v) is 8.19. The fourth-order valence-electron chi connectivity index (χ4n) is 3.10. The Morgan fingerprint density at radius 2 is 2.14 bits per heavy atom. The molecular formula is C17H27N3O. The number of carbonyl (C=O) groups is 1. The Morgan fingerprint density at radius 3 is 2.86 bits per heavy atom. The van der Waals surface area contributed by atoms with Gasteiger partial charge in [0.25, 0.3) is 5.91 Å². The SMILES string of the molecule is CCNc1cc(C(=O)N2CCCCCC2CC)cc(C)n1.